The summed E-state index contributed by atoms with van der Waals surface area (Å²) in [5.74, 6) is 0.564. The summed E-state index contributed by atoms with van der Waals surface area (Å²) in [4.78, 5) is 25.1. The Bertz CT molecular complexity index is 753. The molecule has 0 aliphatic heterocycles. The topological polar surface area (TPSA) is 76.5 Å². The molecule has 0 radical (unpaired) electrons. The molecule has 7 nitrogen and oxygen atoms in total. The van der Waals surface area contributed by atoms with Gasteiger partial charge in [0.1, 0.15) is 12.3 Å². The number of ether oxygens (including phenoxy) is 1. The smallest absolute Gasteiger partial charge is 0.243 e. The lowest BCUT2D eigenvalue weighted by Gasteiger charge is -2.10. The molecule has 134 valence electrons. The second kappa shape index (κ2) is 8.32. The van der Waals surface area contributed by atoms with Crippen LogP contribution in [0.5, 0.6) is 5.75 Å². The second-order valence-electron chi connectivity index (χ2n) is 6.06. The van der Waals surface area contributed by atoms with Crippen molar-refractivity contribution in [2.24, 2.45) is 0 Å². The lowest BCUT2D eigenvalue weighted by Crippen LogP contribution is -2.26. The number of nitrogens with zero attached hydrogens (tertiary/aromatic N) is 3. The van der Waals surface area contributed by atoms with Crippen LogP contribution in [0.3, 0.4) is 0 Å². The van der Waals surface area contributed by atoms with Crippen molar-refractivity contribution in [1.29, 1.82) is 0 Å². The summed E-state index contributed by atoms with van der Waals surface area (Å²) < 4.78 is 7.17. The maximum Gasteiger partial charge on any atom is 0.243 e. The molecule has 0 aliphatic rings. The highest BCUT2D eigenvalue weighted by atomic mass is 16.5. The van der Waals surface area contributed by atoms with Crippen molar-refractivity contribution >= 4 is 17.5 Å². The predicted molar refractivity (Wildman–Crippen MR) is 95.6 cm³/mol. The van der Waals surface area contributed by atoms with Crippen LogP contribution in [0, 0.1) is 13.8 Å². The van der Waals surface area contributed by atoms with Crippen molar-refractivity contribution in [3.8, 4) is 5.75 Å². The third kappa shape index (κ3) is 5.34. The van der Waals surface area contributed by atoms with Crippen molar-refractivity contribution in [2.75, 3.05) is 26.0 Å². The SMILES string of the molecule is Cc1cccc(OCCC(=O)Nc2cnn(CC(=O)N(C)C)c2)c1C. The molecule has 1 N–H and O–H groups in total. The molecule has 0 bridgehead atoms. The number of aromatic nitrogens is 2. The van der Waals surface area contributed by atoms with Crippen LogP contribution in [-0.2, 0) is 16.1 Å². The van der Waals surface area contributed by atoms with Gasteiger partial charge in [-0.15, -0.1) is 0 Å². The average Bonchev–Trinajstić information content (AvgIpc) is 2.98. The van der Waals surface area contributed by atoms with Gasteiger partial charge in [-0.3, -0.25) is 14.3 Å². The molecule has 25 heavy (non-hydrogen) atoms. The van der Waals surface area contributed by atoms with E-state index in [-0.39, 0.29) is 24.8 Å². The van der Waals surface area contributed by atoms with Crippen LogP contribution in [0.4, 0.5) is 5.69 Å². The van der Waals surface area contributed by atoms with E-state index in [0.717, 1.165) is 16.9 Å². The van der Waals surface area contributed by atoms with Crippen molar-refractivity contribution < 1.29 is 14.3 Å². The zero-order chi connectivity index (χ0) is 18.4. The van der Waals surface area contributed by atoms with Gasteiger partial charge in [0.25, 0.3) is 0 Å². The monoisotopic (exact) mass is 344 g/mol. The number of anilines is 1. The van der Waals surface area contributed by atoms with Gasteiger partial charge < -0.3 is 15.0 Å². The van der Waals surface area contributed by atoms with Crippen molar-refractivity contribution in [2.45, 2.75) is 26.8 Å². The largest absolute Gasteiger partial charge is 0.493 e. The van der Waals surface area contributed by atoms with Gasteiger partial charge in [-0.25, -0.2) is 0 Å². The zero-order valence-corrected chi connectivity index (χ0v) is 15.1. The Morgan fingerprint density at radius 1 is 1.28 bits per heavy atom. The first-order valence-electron chi connectivity index (χ1n) is 8.08. The maximum absolute atomic E-state index is 12.0. The Balaban J connectivity index is 1.80. The fraction of sp³-hybridized carbons (Fsp3) is 0.389. The molecular weight excluding hydrogens is 320 g/mol. The Morgan fingerprint density at radius 2 is 2.04 bits per heavy atom. The number of hydrogen-bond donors (Lipinski definition) is 1. The molecule has 1 aromatic carbocycles. The summed E-state index contributed by atoms with van der Waals surface area (Å²) in [6.07, 6.45) is 3.38. The van der Waals surface area contributed by atoms with Crippen LogP contribution in [0.2, 0.25) is 0 Å². The number of aryl methyl sites for hydroxylation is 1. The van der Waals surface area contributed by atoms with Crippen molar-refractivity contribution in [1.82, 2.24) is 14.7 Å². The Morgan fingerprint density at radius 3 is 2.76 bits per heavy atom. The Hall–Kier alpha value is -2.83. The van der Waals surface area contributed by atoms with E-state index in [4.69, 9.17) is 4.74 Å². The standard InChI is InChI=1S/C18H24N4O3/c1-13-6-5-7-16(14(13)2)25-9-8-17(23)20-15-10-19-22(11-15)12-18(24)21(3)4/h5-7,10-11H,8-9,12H2,1-4H3,(H,20,23). The number of rotatable bonds is 7. The summed E-state index contributed by atoms with van der Waals surface area (Å²) >= 11 is 0. The van der Waals surface area contributed by atoms with Crippen molar-refractivity contribution in [3.05, 3.63) is 41.7 Å². The van der Waals surface area contributed by atoms with Gasteiger partial charge in [0.05, 0.1) is 24.9 Å². The number of hydrogen-bond acceptors (Lipinski definition) is 4. The Labute approximate surface area is 147 Å². The number of nitrogens with one attached hydrogen (secondary N) is 1. The van der Waals surface area contributed by atoms with Crippen LogP contribution in [0.1, 0.15) is 17.5 Å². The fourth-order valence-electron chi connectivity index (χ4n) is 2.15. The van der Waals surface area contributed by atoms with Crippen LogP contribution in [0.25, 0.3) is 0 Å². The fourth-order valence-corrected chi connectivity index (χ4v) is 2.15. The van der Waals surface area contributed by atoms with E-state index in [1.807, 2.05) is 32.0 Å². The maximum atomic E-state index is 12.0. The quantitative estimate of drug-likeness (QED) is 0.833. The summed E-state index contributed by atoms with van der Waals surface area (Å²) in [5.41, 5.74) is 2.79. The van der Waals surface area contributed by atoms with Gasteiger partial charge in [-0.05, 0) is 31.0 Å². The van der Waals surface area contributed by atoms with Crippen LogP contribution in [-0.4, -0.2) is 47.2 Å². The second-order valence-corrected chi connectivity index (χ2v) is 6.06. The van der Waals surface area contributed by atoms with Crippen molar-refractivity contribution in [3.63, 3.8) is 0 Å². The zero-order valence-electron chi connectivity index (χ0n) is 15.1. The van der Waals surface area contributed by atoms with Crippen LogP contribution in [0.15, 0.2) is 30.6 Å². The van der Waals surface area contributed by atoms with E-state index < -0.39 is 0 Å². The number of likely N-dealkylation sites (N-methyl/N-ethyl adjacent to an activating group) is 1. The number of carbonyl (C=O) groups is 2. The third-order valence-corrected chi connectivity index (χ3v) is 3.85. The summed E-state index contributed by atoms with van der Waals surface area (Å²) in [5, 5.41) is 6.81. The number of amides is 2. The van der Waals surface area contributed by atoms with E-state index in [1.165, 1.54) is 15.8 Å². The molecule has 2 amide bonds. The van der Waals surface area contributed by atoms with Gasteiger partial charge >= 0.3 is 0 Å². The van der Waals surface area contributed by atoms with E-state index in [2.05, 4.69) is 10.4 Å². The molecule has 0 saturated heterocycles. The molecule has 0 spiro atoms. The van der Waals surface area contributed by atoms with Gasteiger partial charge in [0.15, 0.2) is 0 Å². The molecule has 0 saturated carbocycles. The molecule has 1 aromatic heterocycles. The van der Waals surface area contributed by atoms with E-state index >= 15 is 0 Å². The molecule has 2 rings (SSSR count). The first-order chi connectivity index (χ1) is 11.9. The molecule has 0 aliphatic carbocycles. The summed E-state index contributed by atoms with van der Waals surface area (Å²) in [6.45, 7) is 4.45. The lowest BCUT2D eigenvalue weighted by atomic mass is 10.1. The van der Waals surface area contributed by atoms with E-state index in [0.29, 0.717) is 12.3 Å². The molecule has 1 heterocycles. The first kappa shape index (κ1) is 18.5. The highest BCUT2D eigenvalue weighted by molar-refractivity contribution is 5.90. The minimum absolute atomic E-state index is 0.0668. The molecular formula is C18H24N4O3. The van der Waals surface area contributed by atoms with Gasteiger partial charge in [-0.1, -0.05) is 12.1 Å². The average molecular weight is 344 g/mol. The summed E-state index contributed by atoms with van der Waals surface area (Å²) in [7, 11) is 3.37. The highest BCUT2D eigenvalue weighted by Gasteiger charge is 2.09. The molecule has 0 unspecified atom stereocenters. The number of carbonyl (C=O) groups excluding carboxylic acids is 2. The molecule has 0 fully saturated rings. The minimum Gasteiger partial charge on any atom is -0.493 e. The molecule has 7 heteroatoms. The molecule has 0 atom stereocenters. The third-order valence-electron chi connectivity index (χ3n) is 3.85. The van der Waals surface area contributed by atoms with E-state index in [1.54, 1.807) is 20.3 Å². The summed E-state index contributed by atoms with van der Waals surface area (Å²) in [6, 6.07) is 5.85. The van der Waals surface area contributed by atoms with Crippen LogP contribution < -0.4 is 10.1 Å². The van der Waals surface area contributed by atoms with Gasteiger partial charge in [0.2, 0.25) is 11.8 Å². The van der Waals surface area contributed by atoms with Crippen LogP contribution >= 0.6 is 0 Å². The highest BCUT2D eigenvalue weighted by Crippen LogP contribution is 2.20. The number of benzene rings is 1. The first-order valence-corrected chi connectivity index (χ1v) is 8.08. The minimum atomic E-state index is -0.163. The molecule has 2 aromatic rings. The predicted octanol–water partition coefficient (Wildman–Crippen LogP) is 2.00. The normalized spacial score (nSPS) is 10.4. The van der Waals surface area contributed by atoms with Gasteiger partial charge in [0, 0.05) is 20.3 Å². The van der Waals surface area contributed by atoms with E-state index in [9.17, 15) is 9.59 Å². The Kier molecular flexibility index (Phi) is 6.16. The lowest BCUT2D eigenvalue weighted by molar-refractivity contribution is -0.129. The van der Waals surface area contributed by atoms with Gasteiger partial charge in [-0.2, -0.15) is 5.10 Å².